The minimum Gasteiger partial charge on any atom is -0.324 e. The summed E-state index contributed by atoms with van der Waals surface area (Å²) in [7, 11) is 0. The molecule has 1 atom stereocenters. The summed E-state index contributed by atoms with van der Waals surface area (Å²) >= 11 is 0. The summed E-state index contributed by atoms with van der Waals surface area (Å²) in [5.41, 5.74) is 7.31. The second-order valence-corrected chi connectivity index (χ2v) is 5.86. The molecule has 1 nitrogen and oxygen atoms in total. The molecule has 1 aliphatic carbocycles. The van der Waals surface area contributed by atoms with Crippen LogP contribution in [0.4, 0.5) is 8.78 Å². The Morgan fingerprint density at radius 3 is 2.65 bits per heavy atom. The summed E-state index contributed by atoms with van der Waals surface area (Å²) in [6.07, 6.45) is 2.10. The number of benzene rings is 1. The van der Waals surface area contributed by atoms with Crippen molar-refractivity contribution >= 4 is 0 Å². The monoisotopic (exact) mass is 239 g/mol. The maximum atomic E-state index is 14.1. The zero-order valence-electron chi connectivity index (χ0n) is 10.6. The van der Waals surface area contributed by atoms with Gasteiger partial charge in [0.1, 0.15) is 11.6 Å². The third kappa shape index (κ3) is 2.21. The highest BCUT2D eigenvalue weighted by Crippen LogP contribution is 2.40. The van der Waals surface area contributed by atoms with E-state index in [0.717, 1.165) is 6.42 Å². The van der Waals surface area contributed by atoms with Crippen molar-refractivity contribution in [2.75, 3.05) is 0 Å². The number of fused-ring (bicyclic) bond motifs is 1. The van der Waals surface area contributed by atoms with Gasteiger partial charge in [-0.3, -0.25) is 0 Å². The average Bonchev–Trinajstić information content (AvgIpc) is 2.31. The summed E-state index contributed by atoms with van der Waals surface area (Å²) in [5.74, 6) is -0.640. The molecule has 0 spiro atoms. The third-order valence-corrected chi connectivity index (χ3v) is 3.73. The first-order chi connectivity index (χ1) is 7.82. The summed E-state index contributed by atoms with van der Waals surface area (Å²) in [5, 5.41) is 0. The van der Waals surface area contributed by atoms with E-state index in [2.05, 4.69) is 13.8 Å². The molecule has 2 N–H and O–H groups in total. The van der Waals surface area contributed by atoms with Gasteiger partial charge in [0.25, 0.3) is 0 Å². The molecule has 2 rings (SSSR count). The van der Waals surface area contributed by atoms with Gasteiger partial charge < -0.3 is 5.73 Å². The molecule has 0 aliphatic heterocycles. The molecule has 3 heteroatoms. The van der Waals surface area contributed by atoms with E-state index in [1.165, 1.54) is 6.07 Å². The molecule has 0 radical (unpaired) electrons. The van der Waals surface area contributed by atoms with Gasteiger partial charge in [-0.25, -0.2) is 8.78 Å². The molecule has 1 aromatic carbocycles. The summed E-state index contributed by atoms with van der Waals surface area (Å²) < 4.78 is 28.0. The van der Waals surface area contributed by atoms with E-state index in [1.807, 2.05) is 0 Å². The first kappa shape index (κ1) is 12.5. The largest absolute Gasteiger partial charge is 0.324 e. The van der Waals surface area contributed by atoms with Crippen LogP contribution in [-0.2, 0) is 6.42 Å². The van der Waals surface area contributed by atoms with Gasteiger partial charge in [-0.1, -0.05) is 13.8 Å². The fourth-order valence-electron chi connectivity index (χ4n) is 2.72. The molecule has 1 unspecified atom stereocenters. The zero-order chi connectivity index (χ0) is 12.8. The molecule has 0 amide bonds. The van der Waals surface area contributed by atoms with Gasteiger partial charge in [0.15, 0.2) is 0 Å². The fraction of sp³-hybridized carbons (Fsp3) is 0.571. The first-order valence-electron chi connectivity index (χ1n) is 6.05. The van der Waals surface area contributed by atoms with Gasteiger partial charge in [0, 0.05) is 11.6 Å². The highest BCUT2D eigenvalue weighted by atomic mass is 19.1. The normalized spacial score (nSPS) is 23.1. The van der Waals surface area contributed by atoms with Gasteiger partial charge in [-0.15, -0.1) is 0 Å². The van der Waals surface area contributed by atoms with Gasteiger partial charge >= 0.3 is 0 Å². The van der Waals surface area contributed by atoms with E-state index in [0.29, 0.717) is 29.5 Å². The second kappa shape index (κ2) is 4.05. The fourth-order valence-corrected chi connectivity index (χ4v) is 2.72. The zero-order valence-corrected chi connectivity index (χ0v) is 10.6. The first-order valence-corrected chi connectivity index (χ1v) is 6.05. The van der Waals surface area contributed by atoms with Crippen molar-refractivity contribution in [3.63, 3.8) is 0 Å². The third-order valence-electron chi connectivity index (χ3n) is 3.73. The van der Waals surface area contributed by atoms with Crippen molar-refractivity contribution in [1.29, 1.82) is 0 Å². The maximum absolute atomic E-state index is 14.1. The van der Waals surface area contributed by atoms with Gasteiger partial charge in [0.2, 0.25) is 0 Å². The van der Waals surface area contributed by atoms with E-state index < -0.39 is 6.04 Å². The summed E-state index contributed by atoms with van der Waals surface area (Å²) in [4.78, 5) is 0. The topological polar surface area (TPSA) is 26.0 Å². The lowest BCUT2D eigenvalue weighted by molar-refractivity contribution is 0.292. The molecule has 17 heavy (non-hydrogen) atoms. The van der Waals surface area contributed by atoms with Gasteiger partial charge in [0.05, 0.1) is 0 Å². The van der Waals surface area contributed by atoms with Crippen LogP contribution in [0.25, 0.3) is 0 Å². The van der Waals surface area contributed by atoms with E-state index in [1.54, 1.807) is 6.92 Å². The molecular formula is C14H19F2N. The lowest BCUT2D eigenvalue weighted by Crippen LogP contribution is -2.20. The predicted octanol–water partition coefficient (Wildman–Crippen LogP) is 3.64. The van der Waals surface area contributed by atoms with Crippen LogP contribution >= 0.6 is 0 Å². The van der Waals surface area contributed by atoms with Crippen molar-refractivity contribution in [2.45, 2.75) is 46.1 Å². The molecule has 0 fully saturated rings. The highest BCUT2D eigenvalue weighted by molar-refractivity contribution is 5.38. The Morgan fingerprint density at radius 1 is 1.35 bits per heavy atom. The summed E-state index contributed by atoms with van der Waals surface area (Å²) in [6.45, 7) is 5.78. The average molecular weight is 239 g/mol. The highest BCUT2D eigenvalue weighted by Gasteiger charge is 2.31. The molecule has 94 valence electrons. The Hall–Kier alpha value is -0.960. The van der Waals surface area contributed by atoms with E-state index in [9.17, 15) is 8.78 Å². The number of hydrogen-bond acceptors (Lipinski definition) is 1. The Bertz CT molecular complexity index is 452. The molecule has 0 saturated heterocycles. The van der Waals surface area contributed by atoms with Crippen molar-refractivity contribution in [3.8, 4) is 0 Å². The van der Waals surface area contributed by atoms with E-state index >= 15 is 0 Å². The lowest BCUT2D eigenvalue weighted by Gasteiger charge is -2.24. The van der Waals surface area contributed by atoms with Crippen LogP contribution in [0.2, 0.25) is 0 Å². The molecule has 0 heterocycles. The van der Waals surface area contributed by atoms with Crippen molar-refractivity contribution in [3.05, 3.63) is 34.4 Å². The minimum atomic E-state index is -0.406. The van der Waals surface area contributed by atoms with Crippen molar-refractivity contribution in [2.24, 2.45) is 11.1 Å². The van der Waals surface area contributed by atoms with Gasteiger partial charge in [-0.2, -0.15) is 0 Å². The van der Waals surface area contributed by atoms with Crippen LogP contribution in [0.5, 0.6) is 0 Å². The molecule has 0 aromatic heterocycles. The van der Waals surface area contributed by atoms with E-state index in [4.69, 9.17) is 5.73 Å². The quantitative estimate of drug-likeness (QED) is 0.687. The molecular weight excluding hydrogens is 220 g/mol. The number of rotatable bonds is 0. The van der Waals surface area contributed by atoms with Crippen LogP contribution in [-0.4, -0.2) is 0 Å². The SMILES string of the molecule is Cc1cc(F)c2c(c1F)C(N)CC(C)(C)CC2. The van der Waals surface area contributed by atoms with Crippen LogP contribution < -0.4 is 5.73 Å². The Morgan fingerprint density at radius 2 is 2.00 bits per heavy atom. The van der Waals surface area contributed by atoms with Crippen molar-refractivity contribution < 1.29 is 8.78 Å². The number of hydrogen-bond donors (Lipinski definition) is 1. The van der Waals surface area contributed by atoms with Crippen molar-refractivity contribution in [1.82, 2.24) is 0 Å². The van der Waals surface area contributed by atoms with Gasteiger partial charge in [-0.05, 0) is 48.8 Å². The molecule has 1 aliphatic rings. The van der Waals surface area contributed by atoms with Crippen LogP contribution in [0.3, 0.4) is 0 Å². The second-order valence-electron chi connectivity index (χ2n) is 5.86. The Kier molecular flexibility index (Phi) is 2.98. The Labute approximate surface area is 101 Å². The number of nitrogens with two attached hydrogens (primary N) is 1. The molecule has 0 saturated carbocycles. The lowest BCUT2D eigenvalue weighted by atomic mass is 9.83. The van der Waals surface area contributed by atoms with Crippen LogP contribution in [0.15, 0.2) is 6.07 Å². The van der Waals surface area contributed by atoms with Crippen LogP contribution in [0.1, 0.15) is 49.4 Å². The Balaban J connectivity index is 2.59. The number of aryl methyl sites for hydroxylation is 1. The number of halogens is 2. The standard InChI is InChI=1S/C14H19F2N/c1-8-6-10(15)9-4-5-14(2,3)7-11(17)12(9)13(8)16/h6,11H,4-5,7,17H2,1-3H3. The minimum absolute atomic E-state index is 0.0330. The maximum Gasteiger partial charge on any atom is 0.131 e. The molecule has 1 aromatic rings. The predicted molar refractivity (Wildman–Crippen MR) is 64.7 cm³/mol. The van der Waals surface area contributed by atoms with Crippen LogP contribution in [0, 0.1) is 24.0 Å². The summed E-state index contributed by atoms with van der Waals surface area (Å²) in [6, 6.07) is 0.871. The molecule has 0 bridgehead atoms. The van der Waals surface area contributed by atoms with E-state index in [-0.39, 0.29) is 17.0 Å². The smallest absolute Gasteiger partial charge is 0.131 e.